The van der Waals surface area contributed by atoms with Gasteiger partial charge >= 0.3 is 0 Å². The highest BCUT2D eigenvalue weighted by Crippen LogP contribution is 2.24. The van der Waals surface area contributed by atoms with E-state index in [2.05, 4.69) is 39.3 Å². The smallest absolute Gasteiger partial charge is 0.278 e. The molecule has 184 valence electrons. The first-order valence-corrected chi connectivity index (χ1v) is 12.1. The van der Waals surface area contributed by atoms with E-state index >= 15 is 0 Å². The van der Waals surface area contributed by atoms with Crippen LogP contribution in [0.5, 0.6) is 5.88 Å². The van der Waals surface area contributed by atoms with E-state index < -0.39 is 0 Å². The first-order chi connectivity index (χ1) is 17.7. The van der Waals surface area contributed by atoms with Gasteiger partial charge in [-0.1, -0.05) is 12.1 Å². The molecule has 5 heterocycles. The van der Waals surface area contributed by atoms with Crippen LogP contribution in [0.25, 0.3) is 16.7 Å². The standard InChI is InChI=1S/C26H27N7O3/c1-2-10-32-25(34)22-15-29-26(30-19-4-3-18-14-27-8-5-17(18)12-19)31-24(22)33(32)20-6-9-28-23(13-20)36-21-7-11-35-16-21/h2-4,6,9,12-13,15,21,27H,1,5,7-8,10-11,14,16H2,(H,29,30,31). The van der Waals surface area contributed by atoms with Crippen LogP contribution in [0.1, 0.15) is 17.5 Å². The third-order valence-corrected chi connectivity index (χ3v) is 6.46. The largest absolute Gasteiger partial charge is 0.472 e. The second kappa shape index (κ2) is 9.56. The number of allylic oxidation sites excluding steroid dienone is 1. The Hall–Kier alpha value is -4.02. The maximum atomic E-state index is 13.2. The zero-order chi connectivity index (χ0) is 24.5. The second-order valence-electron chi connectivity index (χ2n) is 8.91. The Morgan fingerprint density at radius 2 is 2.19 bits per heavy atom. The molecule has 10 nitrogen and oxygen atoms in total. The molecule has 0 radical (unpaired) electrons. The van der Waals surface area contributed by atoms with Crippen molar-refractivity contribution in [1.82, 2.24) is 29.6 Å². The molecule has 1 aromatic carbocycles. The number of anilines is 2. The van der Waals surface area contributed by atoms with Crippen LogP contribution >= 0.6 is 0 Å². The summed E-state index contributed by atoms with van der Waals surface area (Å²) in [4.78, 5) is 26.8. The summed E-state index contributed by atoms with van der Waals surface area (Å²) in [5, 5.41) is 7.11. The van der Waals surface area contributed by atoms with E-state index in [4.69, 9.17) is 14.5 Å². The second-order valence-corrected chi connectivity index (χ2v) is 8.91. The fourth-order valence-electron chi connectivity index (χ4n) is 4.69. The van der Waals surface area contributed by atoms with Crippen LogP contribution in [-0.2, 0) is 24.2 Å². The predicted octanol–water partition coefficient (Wildman–Crippen LogP) is 2.72. The lowest BCUT2D eigenvalue weighted by Gasteiger charge is -2.18. The number of benzene rings is 1. The van der Waals surface area contributed by atoms with Crippen molar-refractivity contribution >= 4 is 22.7 Å². The SMILES string of the molecule is C=CCn1c(=O)c2cnc(Nc3ccc4c(c3)CCNC4)nc2n1-c1ccnc(OC2CCOC2)c1. The van der Waals surface area contributed by atoms with Crippen molar-refractivity contribution in [3.63, 3.8) is 0 Å². The number of rotatable bonds is 7. The molecule has 1 saturated heterocycles. The fraction of sp³-hybridized carbons (Fsp3) is 0.308. The summed E-state index contributed by atoms with van der Waals surface area (Å²) >= 11 is 0. The lowest BCUT2D eigenvalue weighted by atomic mass is 10.0. The molecule has 4 aromatic rings. The molecule has 2 N–H and O–H groups in total. The summed E-state index contributed by atoms with van der Waals surface area (Å²) in [6.07, 6.45) is 6.68. The summed E-state index contributed by atoms with van der Waals surface area (Å²) in [5.41, 5.74) is 4.53. The van der Waals surface area contributed by atoms with Crippen molar-refractivity contribution in [2.45, 2.75) is 32.0 Å². The lowest BCUT2D eigenvalue weighted by Crippen LogP contribution is -2.23. The molecule has 0 amide bonds. The van der Waals surface area contributed by atoms with Gasteiger partial charge in [0.15, 0.2) is 5.65 Å². The quantitative estimate of drug-likeness (QED) is 0.385. The van der Waals surface area contributed by atoms with Gasteiger partial charge in [0, 0.05) is 37.1 Å². The van der Waals surface area contributed by atoms with E-state index in [1.54, 1.807) is 27.8 Å². The zero-order valence-electron chi connectivity index (χ0n) is 19.8. The van der Waals surface area contributed by atoms with Crippen LogP contribution < -0.4 is 20.9 Å². The number of nitrogens with zero attached hydrogens (tertiary/aromatic N) is 5. The Kier molecular flexibility index (Phi) is 5.96. The average Bonchev–Trinajstić information content (AvgIpc) is 3.50. The van der Waals surface area contributed by atoms with Gasteiger partial charge in [0.1, 0.15) is 11.5 Å². The zero-order valence-corrected chi connectivity index (χ0v) is 19.8. The monoisotopic (exact) mass is 485 g/mol. The number of pyridine rings is 1. The Balaban J connectivity index is 1.39. The number of ether oxygens (including phenoxy) is 2. The van der Waals surface area contributed by atoms with Crippen LogP contribution in [0.4, 0.5) is 11.6 Å². The molecule has 1 unspecified atom stereocenters. The van der Waals surface area contributed by atoms with Crippen molar-refractivity contribution in [3.8, 4) is 11.6 Å². The number of aromatic nitrogens is 5. The number of nitrogens with one attached hydrogen (secondary N) is 2. The van der Waals surface area contributed by atoms with E-state index in [1.165, 1.54) is 11.1 Å². The van der Waals surface area contributed by atoms with Crippen molar-refractivity contribution in [2.75, 3.05) is 25.1 Å². The van der Waals surface area contributed by atoms with E-state index in [9.17, 15) is 4.79 Å². The van der Waals surface area contributed by atoms with Crippen LogP contribution in [0.15, 0.2) is 60.2 Å². The summed E-state index contributed by atoms with van der Waals surface area (Å²) in [7, 11) is 0. The lowest BCUT2D eigenvalue weighted by molar-refractivity contribution is 0.138. The minimum absolute atomic E-state index is 0.0324. The van der Waals surface area contributed by atoms with Crippen molar-refractivity contribution in [2.24, 2.45) is 0 Å². The Bertz CT molecular complexity index is 1490. The molecule has 1 atom stereocenters. The average molecular weight is 486 g/mol. The van der Waals surface area contributed by atoms with Gasteiger partial charge in [-0.05, 0) is 42.3 Å². The molecular weight excluding hydrogens is 458 g/mol. The molecule has 0 saturated carbocycles. The Morgan fingerprint density at radius 1 is 1.25 bits per heavy atom. The summed E-state index contributed by atoms with van der Waals surface area (Å²) in [6, 6.07) is 9.91. The van der Waals surface area contributed by atoms with Crippen LogP contribution in [0.3, 0.4) is 0 Å². The van der Waals surface area contributed by atoms with Crippen LogP contribution in [0.2, 0.25) is 0 Å². The molecule has 2 aliphatic heterocycles. The molecule has 0 aliphatic carbocycles. The molecule has 10 heteroatoms. The topological polar surface area (TPSA) is 108 Å². The summed E-state index contributed by atoms with van der Waals surface area (Å²) in [6.45, 7) is 7.20. The van der Waals surface area contributed by atoms with Crippen molar-refractivity contribution in [3.05, 3.63) is 76.9 Å². The maximum Gasteiger partial charge on any atom is 0.278 e. The van der Waals surface area contributed by atoms with Gasteiger partial charge in [-0.15, -0.1) is 6.58 Å². The number of hydrogen-bond donors (Lipinski definition) is 2. The maximum absolute atomic E-state index is 13.2. The first kappa shape index (κ1) is 22.4. The molecule has 3 aromatic heterocycles. The van der Waals surface area contributed by atoms with Crippen molar-refractivity contribution < 1.29 is 9.47 Å². The molecule has 1 fully saturated rings. The normalized spacial score (nSPS) is 17.2. The van der Waals surface area contributed by atoms with Gasteiger partial charge < -0.3 is 20.1 Å². The minimum atomic E-state index is -0.193. The van der Waals surface area contributed by atoms with Crippen LogP contribution in [0, 0.1) is 0 Å². The molecule has 6 rings (SSSR count). The molecule has 2 aliphatic rings. The van der Waals surface area contributed by atoms with E-state index in [1.807, 2.05) is 18.2 Å². The van der Waals surface area contributed by atoms with Gasteiger partial charge in [0.2, 0.25) is 11.8 Å². The fourth-order valence-corrected chi connectivity index (χ4v) is 4.69. The highest BCUT2D eigenvalue weighted by Gasteiger charge is 2.20. The van der Waals surface area contributed by atoms with Gasteiger partial charge in [0.25, 0.3) is 5.56 Å². The van der Waals surface area contributed by atoms with Crippen molar-refractivity contribution in [1.29, 1.82) is 0 Å². The highest BCUT2D eigenvalue weighted by molar-refractivity contribution is 5.77. The summed E-state index contributed by atoms with van der Waals surface area (Å²) in [5.74, 6) is 0.882. The van der Waals surface area contributed by atoms with E-state index in [0.29, 0.717) is 48.3 Å². The Morgan fingerprint density at radius 3 is 3.06 bits per heavy atom. The van der Waals surface area contributed by atoms with E-state index in [-0.39, 0.29) is 11.7 Å². The van der Waals surface area contributed by atoms with Gasteiger partial charge in [-0.25, -0.2) is 19.3 Å². The Labute approximate surface area is 207 Å². The minimum Gasteiger partial charge on any atom is -0.472 e. The predicted molar refractivity (Wildman–Crippen MR) is 136 cm³/mol. The highest BCUT2D eigenvalue weighted by atomic mass is 16.5. The first-order valence-electron chi connectivity index (χ1n) is 12.1. The molecule has 36 heavy (non-hydrogen) atoms. The summed E-state index contributed by atoms with van der Waals surface area (Å²) < 4.78 is 14.8. The van der Waals surface area contributed by atoms with Gasteiger partial charge in [-0.3, -0.25) is 4.79 Å². The number of fused-ring (bicyclic) bond motifs is 2. The third-order valence-electron chi connectivity index (χ3n) is 6.46. The third kappa shape index (κ3) is 4.25. The molecular formula is C26H27N7O3. The van der Waals surface area contributed by atoms with E-state index in [0.717, 1.165) is 31.6 Å². The van der Waals surface area contributed by atoms with Gasteiger partial charge in [0.05, 0.1) is 25.4 Å². The number of hydrogen-bond acceptors (Lipinski definition) is 8. The van der Waals surface area contributed by atoms with Gasteiger partial charge in [-0.2, -0.15) is 4.98 Å². The molecule has 0 spiro atoms. The molecule has 0 bridgehead atoms. The van der Waals surface area contributed by atoms with Crippen LogP contribution in [-0.4, -0.2) is 50.2 Å².